The smallest absolute Gasteiger partial charge is 0.270 e. The molecule has 1 fully saturated rings. The van der Waals surface area contributed by atoms with Gasteiger partial charge in [0.1, 0.15) is 5.69 Å². The zero-order chi connectivity index (χ0) is 18.8. The third-order valence-electron chi connectivity index (χ3n) is 5.07. The summed E-state index contributed by atoms with van der Waals surface area (Å²) in [6, 6.07) is 16.1. The molecule has 6 heteroatoms. The molecule has 0 bridgehead atoms. The number of carbonyl (C=O) groups is 1. The molecule has 2 heterocycles. The van der Waals surface area contributed by atoms with Gasteiger partial charge in [-0.25, -0.2) is 5.43 Å². The second-order valence-corrected chi connectivity index (χ2v) is 7.55. The van der Waals surface area contributed by atoms with Crippen molar-refractivity contribution in [2.75, 3.05) is 18.5 Å². The van der Waals surface area contributed by atoms with Crippen molar-refractivity contribution in [1.29, 1.82) is 0 Å². The molecule has 0 radical (unpaired) electrons. The van der Waals surface area contributed by atoms with Crippen LogP contribution in [-0.4, -0.2) is 34.9 Å². The minimum Gasteiger partial charge on any atom is -0.351 e. The fourth-order valence-electron chi connectivity index (χ4n) is 3.44. The Hall–Kier alpha value is -2.50. The number of hydrogen-bond acceptors (Lipinski definition) is 3. The monoisotopic (exact) mass is 382 g/mol. The second-order valence-electron chi connectivity index (χ2n) is 7.12. The molecule has 5 nitrogen and oxygen atoms in total. The predicted molar refractivity (Wildman–Crippen MR) is 110 cm³/mol. The lowest BCUT2D eigenvalue weighted by Gasteiger charge is -2.32. The van der Waals surface area contributed by atoms with Gasteiger partial charge in [-0.3, -0.25) is 4.79 Å². The quantitative estimate of drug-likeness (QED) is 0.588. The summed E-state index contributed by atoms with van der Waals surface area (Å²) in [5, 5.41) is 1.64. The average Bonchev–Trinajstić information content (AvgIpc) is 3.10. The molecule has 0 spiro atoms. The minimum absolute atomic E-state index is 0.0484. The number of nitrogens with one attached hydrogen (secondary N) is 3. The summed E-state index contributed by atoms with van der Waals surface area (Å²) < 4.78 is 0. The molecule has 2 aromatic carbocycles. The van der Waals surface area contributed by atoms with Crippen molar-refractivity contribution in [3.63, 3.8) is 0 Å². The van der Waals surface area contributed by atoms with Gasteiger partial charge in [0, 0.05) is 40.7 Å². The molecule has 1 amide bonds. The maximum Gasteiger partial charge on any atom is 0.270 e. The average molecular weight is 383 g/mol. The molecule has 0 atom stereocenters. The van der Waals surface area contributed by atoms with Crippen LogP contribution in [0.15, 0.2) is 48.5 Å². The number of aromatic amines is 1. The number of amides is 1. The van der Waals surface area contributed by atoms with Crippen molar-refractivity contribution in [2.45, 2.75) is 25.8 Å². The topological polar surface area (TPSA) is 60.2 Å². The largest absolute Gasteiger partial charge is 0.351 e. The number of H-pyrrole nitrogens is 1. The van der Waals surface area contributed by atoms with Gasteiger partial charge in [0.2, 0.25) is 0 Å². The standard InChI is InChI=1S/C21H23ClN4O/c1-14-2-5-17(6-3-14)24-25-18-8-10-26(11-9-18)21(27)20-13-15-12-16(22)4-7-19(15)23-20/h2-7,12-13,18,23-25H,8-11H2,1H3. The van der Waals surface area contributed by atoms with E-state index in [4.69, 9.17) is 11.6 Å². The van der Waals surface area contributed by atoms with Crippen LogP contribution in [0.4, 0.5) is 5.69 Å². The molecule has 0 saturated carbocycles. The van der Waals surface area contributed by atoms with Crippen LogP contribution >= 0.6 is 11.6 Å². The van der Waals surface area contributed by atoms with Crippen LogP contribution in [0.5, 0.6) is 0 Å². The highest BCUT2D eigenvalue weighted by atomic mass is 35.5. The van der Waals surface area contributed by atoms with Gasteiger partial charge < -0.3 is 15.3 Å². The number of halogens is 1. The lowest BCUT2D eigenvalue weighted by molar-refractivity contribution is 0.0702. The van der Waals surface area contributed by atoms with Gasteiger partial charge in [0.05, 0.1) is 0 Å². The Morgan fingerprint density at radius 1 is 1.11 bits per heavy atom. The van der Waals surface area contributed by atoms with Crippen LogP contribution in [0, 0.1) is 6.92 Å². The van der Waals surface area contributed by atoms with Crippen molar-refractivity contribution < 1.29 is 4.79 Å². The molecule has 3 aromatic rings. The highest BCUT2D eigenvalue weighted by Crippen LogP contribution is 2.22. The van der Waals surface area contributed by atoms with E-state index in [-0.39, 0.29) is 5.91 Å². The number of hydrogen-bond donors (Lipinski definition) is 3. The number of anilines is 1. The molecule has 140 valence electrons. The summed E-state index contributed by atoms with van der Waals surface area (Å²) in [5.41, 5.74) is 10.5. The Kier molecular flexibility index (Phi) is 5.05. The molecule has 0 aliphatic carbocycles. The maximum absolute atomic E-state index is 12.8. The first-order valence-electron chi connectivity index (χ1n) is 9.24. The van der Waals surface area contributed by atoms with Gasteiger partial charge in [0.15, 0.2) is 0 Å². The Morgan fingerprint density at radius 2 is 1.85 bits per heavy atom. The highest BCUT2D eigenvalue weighted by molar-refractivity contribution is 6.31. The SMILES string of the molecule is Cc1ccc(NNC2CCN(C(=O)c3cc4cc(Cl)ccc4[nH]3)CC2)cc1. The molecule has 27 heavy (non-hydrogen) atoms. The Morgan fingerprint density at radius 3 is 2.59 bits per heavy atom. The zero-order valence-electron chi connectivity index (χ0n) is 15.3. The van der Waals surface area contributed by atoms with Crippen molar-refractivity contribution >= 4 is 34.1 Å². The van der Waals surface area contributed by atoms with Crippen LogP contribution in [0.25, 0.3) is 10.9 Å². The molecular formula is C21H23ClN4O. The summed E-state index contributed by atoms with van der Waals surface area (Å²) in [6.07, 6.45) is 1.83. The summed E-state index contributed by atoms with van der Waals surface area (Å²) >= 11 is 6.03. The normalized spacial score (nSPS) is 15.3. The first-order chi connectivity index (χ1) is 13.1. The Bertz CT molecular complexity index is 942. The number of hydrazine groups is 1. The number of aromatic nitrogens is 1. The summed E-state index contributed by atoms with van der Waals surface area (Å²) in [5.74, 6) is 0.0484. The number of piperidine rings is 1. The predicted octanol–water partition coefficient (Wildman–Crippen LogP) is 4.35. The number of rotatable bonds is 4. The molecule has 3 N–H and O–H groups in total. The van der Waals surface area contributed by atoms with E-state index in [0.717, 1.165) is 42.5 Å². The third kappa shape index (κ3) is 4.10. The Labute approximate surface area is 163 Å². The van der Waals surface area contributed by atoms with Crippen molar-refractivity contribution in [1.82, 2.24) is 15.3 Å². The van der Waals surface area contributed by atoms with E-state index in [1.54, 1.807) is 0 Å². The van der Waals surface area contributed by atoms with E-state index in [1.165, 1.54) is 5.56 Å². The Balaban J connectivity index is 1.32. The van der Waals surface area contributed by atoms with Crippen LogP contribution in [0.2, 0.25) is 5.02 Å². The number of carbonyl (C=O) groups excluding carboxylic acids is 1. The lowest BCUT2D eigenvalue weighted by Crippen LogP contribution is -2.46. The van der Waals surface area contributed by atoms with Crippen molar-refractivity contribution in [3.05, 3.63) is 64.8 Å². The number of nitrogens with zero attached hydrogens (tertiary/aromatic N) is 1. The van der Waals surface area contributed by atoms with Gasteiger partial charge >= 0.3 is 0 Å². The number of likely N-dealkylation sites (tertiary alicyclic amines) is 1. The number of fused-ring (bicyclic) bond motifs is 1. The van der Waals surface area contributed by atoms with Crippen LogP contribution in [0.3, 0.4) is 0 Å². The molecular weight excluding hydrogens is 360 g/mol. The van der Waals surface area contributed by atoms with Gasteiger partial charge in [-0.05, 0) is 56.2 Å². The molecule has 4 rings (SSSR count). The fraction of sp³-hybridized carbons (Fsp3) is 0.286. The van der Waals surface area contributed by atoms with E-state index >= 15 is 0 Å². The van der Waals surface area contributed by atoms with Crippen molar-refractivity contribution in [2.24, 2.45) is 0 Å². The summed E-state index contributed by atoms with van der Waals surface area (Å²) in [6.45, 7) is 3.55. The van der Waals surface area contributed by atoms with E-state index in [0.29, 0.717) is 16.8 Å². The summed E-state index contributed by atoms with van der Waals surface area (Å²) in [4.78, 5) is 17.9. The van der Waals surface area contributed by atoms with E-state index < -0.39 is 0 Å². The number of aryl methyl sites for hydroxylation is 1. The summed E-state index contributed by atoms with van der Waals surface area (Å²) in [7, 11) is 0. The second kappa shape index (κ2) is 7.62. The first kappa shape index (κ1) is 17.9. The van der Waals surface area contributed by atoms with Crippen molar-refractivity contribution in [3.8, 4) is 0 Å². The lowest BCUT2D eigenvalue weighted by atomic mass is 10.1. The molecule has 1 aliphatic rings. The van der Waals surface area contributed by atoms with E-state index in [2.05, 4.69) is 47.0 Å². The molecule has 1 saturated heterocycles. The van der Waals surface area contributed by atoms with E-state index in [9.17, 15) is 4.79 Å². The van der Waals surface area contributed by atoms with Crippen LogP contribution < -0.4 is 10.9 Å². The fourth-order valence-corrected chi connectivity index (χ4v) is 3.62. The molecule has 0 unspecified atom stereocenters. The number of benzene rings is 2. The third-order valence-corrected chi connectivity index (χ3v) is 5.30. The van der Waals surface area contributed by atoms with Gasteiger partial charge in [0.25, 0.3) is 5.91 Å². The van der Waals surface area contributed by atoms with Crippen LogP contribution in [0.1, 0.15) is 28.9 Å². The molecule has 1 aliphatic heterocycles. The van der Waals surface area contributed by atoms with Gasteiger partial charge in [-0.2, -0.15) is 0 Å². The first-order valence-corrected chi connectivity index (χ1v) is 9.62. The minimum atomic E-state index is 0.0484. The van der Waals surface area contributed by atoms with Gasteiger partial charge in [-0.1, -0.05) is 29.3 Å². The van der Waals surface area contributed by atoms with Gasteiger partial charge in [-0.15, -0.1) is 0 Å². The zero-order valence-corrected chi connectivity index (χ0v) is 16.0. The molecule has 1 aromatic heterocycles. The van der Waals surface area contributed by atoms with Crippen LogP contribution in [-0.2, 0) is 0 Å². The maximum atomic E-state index is 12.8. The highest BCUT2D eigenvalue weighted by Gasteiger charge is 2.24. The van der Waals surface area contributed by atoms with E-state index in [1.807, 2.05) is 29.2 Å².